The van der Waals surface area contributed by atoms with Gasteiger partial charge >= 0.3 is 0 Å². The molecule has 6 aromatic rings. The first-order valence-corrected chi connectivity index (χ1v) is 20.0. The fourth-order valence-electron chi connectivity index (χ4n) is 7.03. The van der Waals surface area contributed by atoms with Crippen LogP contribution in [0, 0.1) is 6.92 Å². The molecule has 0 bridgehead atoms. The Bertz CT molecular complexity index is 2430. The second-order valence-corrected chi connectivity index (χ2v) is 14.3. The van der Waals surface area contributed by atoms with Crippen LogP contribution >= 0.6 is 0 Å². The van der Waals surface area contributed by atoms with Crippen LogP contribution in [0.2, 0.25) is 0 Å². The summed E-state index contributed by atoms with van der Waals surface area (Å²) in [4.78, 5) is 19.7. The van der Waals surface area contributed by atoms with Crippen LogP contribution in [-0.2, 0) is 0 Å². The number of para-hydroxylation sites is 3. The van der Waals surface area contributed by atoms with Crippen LogP contribution in [0.25, 0.3) is 33.7 Å². The summed E-state index contributed by atoms with van der Waals surface area (Å²) in [6.07, 6.45) is 17.1. The molecule has 5 nitrogen and oxygen atoms in total. The van der Waals surface area contributed by atoms with E-state index in [1.807, 2.05) is 24.3 Å². The lowest BCUT2D eigenvalue weighted by Gasteiger charge is -2.27. The molecule has 0 aliphatic carbocycles. The molecule has 0 saturated heterocycles. The monoisotopic (exact) mass is 759 g/mol. The Labute approximate surface area is 345 Å². The standard InChI is InChI=1S/C53H53N5/c1-8-23-39(4)25-14-11-15-27-41(6)48-35-22-36-49(43-28-21-34-47(38-43)58(45-30-16-12-17-31-45)46-32-18-13-19-33-46)50(48)57(7)53-55-51(42(10-3)24-9-2)54-52(56-53)44-29-20-26-40(5)37-44/h8,10,12-14,16-38H,1,3,9,11,15H2,2,4-7H3/b25-14-,39-23+,41-27-,42-24+. The van der Waals surface area contributed by atoms with E-state index in [-0.39, 0.29) is 0 Å². The zero-order valence-corrected chi connectivity index (χ0v) is 34.4. The van der Waals surface area contributed by atoms with Crippen molar-refractivity contribution in [2.24, 2.45) is 0 Å². The summed E-state index contributed by atoms with van der Waals surface area (Å²) in [5.41, 5.74) is 12.8. The van der Waals surface area contributed by atoms with Crippen molar-refractivity contribution in [2.45, 2.75) is 47.0 Å². The summed E-state index contributed by atoms with van der Waals surface area (Å²) in [7, 11) is 2.06. The van der Waals surface area contributed by atoms with Crippen LogP contribution in [0.15, 0.2) is 189 Å². The van der Waals surface area contributed by atoms with E-state index < -0.39 is 0 Å². The van der Waals surface area contributed by atoms with Gasteiger partial charge in [0.25, 0.3) is 0 Å². The second-order valence-electron chi connectivity index (χ2n) is 14.3. The predicted octanol–water partition coefficient (Wildman–Crippen LogP) is 14.6. The second kappa shape index (κ2) is 19.8. The number of unbranched alkanes of at least 4 members (excludes halogenated alkanes) is 1. The van der Waals surface area contributed by atoms with Crippen molar-refractivity contribution >= 4 is 39.8 Å². The van der Waals surface area contributed by atoms with Crippen LogP contribution in [0.4, 0.5) is 28.7 Å². The SMILES string of the molecule is C=C/C=C(C)/C=C\CC/C=C(/C)c1cccc(-c2cccc(N(c3ccccc3)c3ccccc3)c2)c1N(C)c1nc(/C(C=C)=C/CC)nc(-c2cccc(C)c2)n1. The highest BCUT2D eigenvalue weighted by Crippen LogP contribution is 2.42. The first kappa shape index (κ1) is 40.8. The summed E-state index contributed by atoms with van der Waals surface area (Å²) in [5, 5.41) is 0. The van der Waals surface area contributed by atoms with Crippen molar-refractivity contribution in [3.8, 4) is 22.5 Å². The van der Waals surface area contributed by atoms with Crippen LogP contribution in [-0.4, -0.2) is 22.0 Å². The zero-order chi connectivity index (χ0) is 40.9. The molecule has 58 heavy (non-hydrogen) atoms. The lowest BCUT2D eigenvalue weighted by molar-refractivity contribution is 0.972. The van der Waals surface area contributed by atoms with E-state index in [0.29, 0.717) is 17.6 Å². The van der Waals surface area contributed by atoms with Gasteiger partial charge in [-0.05, 0) is 93.6 Å². The van der Waals surface area contributed by atoms with Crippen LogP contribution < -0.4 is 9.80 Å². The first-order valence-electron chi connectivity index (χ1n) is 20.0. The summed E-state index contributed by atoms with van der Waals surface area (Å²) in [6.45, 7) is 16.4. The van der Waals surface area contributed by atoms with Gasteiger partial charge in [-0.2, -0.15) is 9.97 Å². The maximum absolute atomic E-state index is 5.17. The minimum atomic E-state index is 0.547. The maximum Gasteiger partial charge on any atom is 0.233 e. The van der Waals surface area contributed by atoms with E-state index in [1.165, 1.54) is 11.1 Å². The van der Waals surface area contributed by atoms with Gasteiger partial charge in [0.15, 0.2) is 11.6 Å². The normalized spacial score (nSPS) is 12.1. The highest BCUT2D eigenvalue weighted by Gasteiger charge is 2.22. The molecule has 0 atom stereocenters. The third-order valence-corrected chi connectivity index (χ3v) is 9.89. The van der Waals surface area contributed by atoms with Crippen molar-refractivity contribution in [1.29, 1.82) is 0 Å². The molecule has 1 heterocycles. The number of anilines is 5. The molecule has 0 aliphatic rings. The lowest BCUT2D eigenvalue weighted by atomic mass is 9.94. The van der Waals surface area contributed by atoms with E-state index in [1.54, 1.807) is 0 Å². The first-order chi connectivity index (χ1) is 28.3. The topological polar surface area (TPSA) is 45.2 Å². The van der Waals surface area contributed by atoms with E-state index >= 15 is 0 Å². The zero-order valence-electron chi connectivity index (χ0n) is 34.4. The third-order valence-electron chi connectivity index (χ3n) is 9.89. The van der Waals surface area contributed by atoms with Gasteiger partial charge in [-0.1, -0.05) is 159 Å². The summed E-state index contributed by atoms with van der Waals surface area (Å²) >= 11 is 0. The van der Waals surface area contributed by atoms with E-state index in [0.717, 1.165) is 75.4 Å². The highest BCUT2D eigenvalue weighted by molar-refractivity contribution is 5.92. The van der Waals surface area contributed by atoms with Gasteiger partial charge in [0, 0.05) is 46.4 Å². The Morgan fingerprint density at radius 3 is 2.03 bits per heavy atom. The summed E-state index contributed by atoms with van der Waals surface area (Å²) < 4.78 is 0. The Kier molecular flexibility index (Phi) is 14.0. The molecule has 0 amide bonds. The van der Waals surface area contributed by atoms with Gasteiger partial charge in [-0.3, -0.25) is 0 Å². The molecule has 0 radical (unpaired) electrons. The minimum absolute atomic E-state index is 0.547. The number of benzene rings is 5. The fraction of sp³-hybridized carbons (Fsp3) is 0.151. The molecule has 0 unspecified atom stereocenters. The smallest absolute Gasteiger partial charge is 0.233 e. The van der Waals surface area contributed by atoms with Gasteiger partial charge in [0.05, 0.1) is 5.69 Å². The van der Waals surface area contributed by atoms with Crippen LogP contribution in [0.5, 0.6) is 0 Å². The van der Waals surface area contributed by atoms with Crippen molar-refractivity contribution < 1.29 is 0 Å². The molecule has 0 fully saturated rings. The Balaban J connectivity index is 1.54. The predicted molar refractivity (Wildman–Crippen MR) is 249 cm³/mol. The Morgan fingerprint density at radius 2 is 1.36 bits per heavy atom. The molecular formula is C53H53N5. The lowest BCUT2D eigenvalue weighted by Crippen LogP contribution is -2.18. The number of allylic oxidation sites excluding steroid dienone is 10. The number of hydrogen-bond donors (Lipinski definition) is 0. The van der Waals surface area contributed by atoms with E-state index in [4.69, 9.17) is 15.0 Å². The largest absolute Gasteiger partial charge is 0.312 e. The van der Waals surface area contributed by atoms with Gasteiger partial charge < -0.3 is 9.80 Å². The summed E-state index contributed by atoms with van der Waals surface area (Å²) in [5.74, 6) is 1.75. The molecule has 0 saturated carbocycles. The van der Waals surface area contributed by atoms with Gasteiger partial charge in [-0.15, -0.1) is 0 Å². The third kappa shape index (κ3) is 9.93. The fourth-order valence-corrected chi connectivity index (χ4v) is 7.03. The molecule has 290 valence electrons. The average molecular weight is 760 g/mol. The molecule has 5 aromatic carbocycles. The average Bonchev–Trinajstić information content (AvgIpc) is 3.25. The molecule has 0 N–H and O–H groups in total. The number of aryl methyl sites for hydroxylation is 1. The molecule has 6 rings (SSSR count). The highest BCUT2D eigenvalue weighted by atomic mass is 15.3. The molecule has 5 heteroatoms. The number of hydrogen-bond acceptors (Lipinski definition) is 5. The Morgan fingerprint density at radius 1 is 0.690 bits per heavy atom. The van der Waals surface area contributed by atoms with E-state index in [2.05, 4.69) is 203 Å². The van der Waals surface area contributed by atoms with Gasteiger partial charge in [0.1, 0.15) is 0 Å². The molecule has 0 aliphatic heterocycles. The number of nitrogens with zero attached hydrogens (tertiary/aromatic N) is 5. The van der Waals surface area contributed by atoms with Crippen molar-refractivity contribution in [1.82, 2.24) is 15.0 Å². The number of rotatable bonds is 16. The van der Waals surface area contributed by atoms with Crippen molar-refractivity contribution in [3.05, 3.63) is 206 Å². The summed E-state index contributed by atoms with van der Waals surface area (Å²) in [6, 6.07) is 44.6. The molecule has 1 aromatic heterocycles. The molecule has 0 spiro atoms. The van der Waals surface area contributed by atoms with Crippen LogP contribution in [0.3, 0.4) is 0 Å². The minimum Gasteiger partial charge on any atom is -0.312 e. The number of aromatic nitrogens is 3. The van der Waals surface area contributed by atoms with Crippen molar-refractivity contribution in [3.63, 3.8) is 0 Å². The van der Waals surface area contributed by atoms with Crippen LogP contribution in [0.1, 0.15) is 57.0 Å². The maximum atomic E-state index is 5.17. The van der Waals surface area contributed by atoms with E-state index in [9.17, 15) is 0 Å². The van der Waals surface area contributed by atoms with Gasteiger partial charge in [0.2, 0.25) is 5.95 Å². The van der Waals surface area contributed by atoms with Crippen molar-refractivity contribution in [2.75, 3.05) is 16.8 Å². The quantitative estimate of drug-likeness (QED) is 0.0726. The molecular weight excluding hydrogens is 707 g/mol. The Hall–Kier alpha value is -6.85. The van der Waals surface area contributed by atoms with Gasteiger partial charge in [-0.25, -0.2) is 4.98 Å².